The van der Waals surface area contributed by atoms with Crippen molar-refractivity contribution in [2.45, 2.75) is 0 Å². The Kier molecular flexibility index (Phi) is 2.09. The molecule has 2 heterocycles. The van der Waals surface area contributed by atoms with Crippen molar-refractivity contribution in [2.75, 3.05) is 0 Å². The summed E-state index contributed by atoms with van der Waals surface area (Å²) in [5.41, 5.74) is 4.19. The van der Waals surface area contributed by atoms with Crippen LogP contribution in [-0.4, -0.2) is 15.0 Å². The normalized spacial score (nSPS) is 10.3. The number of imidazole rings is 1. The van der Waals surface area contributed by atoms with E-state index in [1.54, 1.807) is 18.6 Å². The highest BCUT2D eigenvalue weighted by Crippen LogP contribution is 2.21. The van der Waals surface area contributed by atoms with Crippen LogP contribution < -0.4 is 0 Å². The van der Waals surface area contributed by atoms with Gasteiger partial charge in [0, 0.05) is 11.8 Å². The first-order chi connectivity index (χ1) is 8.36. The lowest BCUT2D eigenvalue weighted by Crippen LogP contribution is -1.83. The van der Waals surface area contributed by atoms with Gasteiger partial charge in [0.25, 0.3) is 0 Å². The number of aromatic amines is 1. The molecule has 0 unspecified atom stereocenters. The molecule has 0 radical (unpaired) electrons. The van der Waals surface area contributed by atoms with Crippen molar-refractivity contribution in [1.29, 1.82) is 5.26 Å². The Hall–Kier alpha value is -2.67. The van der Waals surface area contributed by atoms with E-state index in [2.05, 4.69) is 21.0 Å². The smallest absolute Gasteiger partial charge is 0.177 e. The van der Waals surface area contributed by atoms with E-state index in [0.717, 1.165) is 16.6 Å². The largest absolute Gasteiger partial charge is 0.343 e. The highest BCUT2D eigenvalue weighted by molar-refractivity contribution is 5.77. The van der Waals surface area contributed by atoms with Crippen molar-refractivity contribution in [3.05, 3.63) is 48.4 Å². The molecule has 0 aliphatic carbocycles. The molecular formula is C13H8N4. The van der Waals surface area contributed by atoms with Crippen LogP contribution in [0.15, 0.2) is 42.9 Å². The molecular weight excluding hydrogens is 212 g/mol. The fraction of sp³-hybridized carbons (Fsp3) is 0. The zero-order valence-electron chi connectivity index (χ0n) is 8.88. The number of aromatic nitrogens is 3. The minimum Gasteiger partial charge on any atom is -0.343 e. The summed E-state index contributed by atoms with van der Waals surface area (Å²) in [6.45, 7) is 0. The summed E-state index contributed by atoms with van der Waals surface area (Å²) in [6.07, 6.45) is 3.38. The lowest BCUT2D eigenvalue weighted by molar-refractivity contribution is 1.30. The maximum absolute atomic E-state index is 8.87. The van der Waals surface area contributed by atoms with Gasteiger partial charge >= 0.3 is 0 Å². The molecule has 0 spiro atoms. The summed E-state index contributed by atoms with van der Waals surface area (Å²) in [7, 11) is 0. The minimum absolute atomic E-state index is 0.646. The molecule has 0 atom stereocenters. The van der Waals surface area contributed by atoms with Crippen molar-refractivity contribution in [1.82, 2.24) is 15.0 Å². The zero-order chi connectivity index (χ0) is 11.7. The lowest BCUT2D eigenvalue weighted by Gasteiger charge is -2.01. The summed E-state index contributed by atoms with van der Waals surface area (Å²) in [5, 5.41) is 8.87. The molecule has 0 aliphatic heterocycles. The Morgan fingerprint density at radius 2 is 2.06 bits per heavy atom. The summed E-state index contributed by atoms with van der Waals surface area (Å²) in [6, 6.07) is 11.6. The third kappa shape index (κ3) is 1.64. The van der Waals surface area contributed by atoms with Crippen LogP contribution in [0.25, 0.3) is 22.3 Å². The van der Waals surface area contributed by atoms with E-state index >= 15 is 0 Å². The third-order valence-corrected chi connectivity index (χ3v) is 2.60. The molecule has 2 aromatic heterocycles. The second-order valence-electron chi connectivity index (χ2n) is 3.69. The zero-order valence-corrected chi connectivity index (χ0v) is 8.88. The first-order valence-corrected chi connectivity index (χ1v) is 5.16. The molecule has 17 heavy (non-hydrogen) atoms. The summed E-state index contributed by atoms with van der Waals surface area (Å²) < 4.78 is 0. The molecule has 1 N–H and O–H groups in total. The quantitative estimate of drug-likeness (QED) is 0.685. The van der Waals surface area contributed by atoms with Crippen LogP contribution >= 0.6 is 0 Å². The molecule has 0 bridgehead atoms. The number of pyridine rings is 1. The fourth-order valence-electron chi connectivity index (χ4n) is 1.76. The monoisotopic (exact) mass is 220 g/mol. The Bertz CT molecular complexity index is 721. The highest BCUT2D eigenvalue weighted by Gasteiger charge is 2.03. The van der Waals surface area contributed by atoms with Gasteiger partial charge < -0.3 is 4.98 Å². The second kappa shape index (κ2) is 3.72. The summed E-state index contributed by atoms with van der Waals surface area (Å²) >= 11 is 0. The number of rotatable bonds is 1. The van der Waals surface area contributed by atoms with Crippen molar-refractivity contribution >= 4 is 11.2 Å². The molecule has 3 aromatic rings. The van der Waals surface area contributed by atoms with Gasteiger partial charge in [-0.1, -0.05) is 12.1 Å². The molecule has 80 valence electrons. The van der Waals surface area contributed by atoms with Gasteiger partial charge in [0.2, 0.25) is 0 Å². The van der Waals surface area contributed by atoms with Crippen LogP contribution in [-0.2, 0) is 0 Å². The maximum atomic E-state index is 8.87. The van der Waals surface area contributed by atoms with E-state index in [1.165, 1.54) is 0 Å². The average Bonchev–Trinajstić information content (AvgIpc) is 2.86. The highest BCUT2D eigenvalue weighted by atomic mass is 14.9. The van der Waals surface area contributed by atoms with Crippen LogP contribution in [0, 0.1) is 11.3 Å². The lowest BCUT2D eigenvalue weighted by atomic mass is 10.1. The first-order valence-electron chi connectivity index (χ1n) is 5.16. The van der Waals surface area contributed by atoms with Gasteiger partial charge in [-0.2, -0.15) is 5.26 Å². The molecule has 0 aliphatic rings. The maximum Gasteiger partial charge on any atom is 0.177 e. The number of nitriles is 1. The number of benzene rings is 1. The second-order valence-corrected chi connectivity index (χ2v) is 3.69. The van der Waals surface area contributed by atoms with Crippen LogP contribution in [0.5, 0.6) is 0 Å². The molecule has 1 aromatic carbocycles. The molecule has 4 nitrogen and oxygen atoms in total. The van der Waals surface area contributed by atoms with Gasteiger partial charge in [0.1, 0.15) is 0 Å². The van der Waals surface area contributed by atoms with Gasteiger partial charge in [-0.25, -0.2) is 9.97 Å². The fourth-order valence-corrected chi connectivity index (χ4v) is 1.76. The number of nitrogens with one attached hydrogen (secondary N) is 1. The third-order valence-electron chi connectivity index (χ3n) is 2.60. The van der Waals surface area contributed by atoms with E-state index in [4.69, 9.17) is 5.26 Å². The average molecular weight is 220 g/mol. The Balaban J connectivity index is 2.16. The molecule has 0 fully saturated rings. The minimum atomic E-state index is 0.646. The van der Waals surface area contributed by atoms with Gasteiger partial charge in [-0.15, -0.1) is 0 Å². The SMILES string of the molecule is N#Cc1cccc(-c2cnc3nc[nH]c3c2)c1. The molecule has 3 rings (SSSR count). The van der Waals surface area contributed by atoms with Gasteiger partial charge in [-0.3, -0.25) is 0 Å². The van der Waals surface area contributed by atoms with E-state index in [-0.39, 0.29) is 0 Å². The Labute approximate surface area is 97.6 Å². The first kappa shape index (κ1) is 9.55. The van der Waals surface area contributed by atoms with Crippen LogP contribution in [0.1, 0.15) is 5.56 Å². The summed E-state index contributed by atoms with van der Waals surface area (Å²) in [4.78, 5) is 11.3. The molecule has 0 saturated carbocycles. The van der Waals surface area contributed by atoms with Crippen molar-refractivity contribution in [3.63, 3.8) is 0 Å². The van der Waals surface area contributed by atoms with Crippen LogP contribution in [0.3, 0.4) is 0 Å². The number of nitrogens with zero attached hydrogens (tertiary/aromatic N) is 3. The number of H-pyrrole nitrogens is 1. The molecule has 0 saturated heterocycles. The topological polar surface area (TPSA) is 65.4 Å². The van der Waals surface area contributed by atoms with Crippen molar-refractivity contribution < 1.29 is 0 Å². The molecule has 0 amide bonds. The standard InChI is InChI=1S/C13H8N4/c14-6-9-2-1-3-10(4-9)11-5-12-13(15-7-11)17-8-16-12/h1-5,7-8H,(H,15,16,17). The Morgan fingerprint density at radius 3 is 2.94 bits per heavy atom. The van der Waals surface area contributed by atoms with Gasteiger partial charge in [0.05, 0.1) is 23.5 Å². The van der Waals surface area contributed by atoms with Gasteiger partial charge in [0.15, 0.2) is 5.65 Å². The van der Waals surface area contributed by atoms with E-state index < -0.39 is 0 Å². The van der Waals surface area contributed by atoms with E-state index in [1.807, 2.05) is 24.3 Å². The van der Waals surface area contributed by atoms with E-state index in [0.29, 0.717) is 11.2 Å². The van der Waals surface area contributed by atoms with Crippen LogP contribution in [0.4, 0.5) is 0 Å². The summed E-state index contributed by atoms with van der Waals surface area (Å²) in [5.74, 6) is 0. The van der Waals surface area contributed by atoms with Crippen molar-refractivity contribution in [2.24, 2.45) is 0 Å². The predicted octanol–water partition coefficient (Wildman–Crippen LogP) is 2.50. The van der Waals surface area contributed by atoms with Crippen LogP contribution in [0.2, 0.25) is 0 Å². The Morgan fingerprint density at radius 1 is 1.12 bits per heavy atom. The predicted molar refractivity (Wildman–Crippen MR) is 64.0 cm³/mol. The number of hydrogen-bond donors (Lipinski definition) is 1. The molecule has 4 heteroatoms. The number of hydrogen-bond acceptors (Lipinski definition) is 3. The van der Waals surface area contributed by atoms with Crippen molar-refractivity contribution in [3.8, 4) is 17.2 Å². The number of fused-ring (bicyclic) bond motifs is 1. The van der Waals surface area contributed by atoms with Gasteiger partial charge in [-0.05, 0) is 23.8 Å². The van der Waals surface area contributed by atoms with E-state index in [9.17, 15) is 0 Å².